The van der Waals surface area contributed by atoms with E-state index in [0.717, 1.165) is 0 Å². The van der Waals surface area contributed by atoms with Gasteiger partial charge in [0.1, 0.15) is 0 Å². The summed E-state index contributed by atoms with van der Waals surface area (Å²) in [4.78, 5) is 13.0. The van der Waals surface area contributed by atoms with Crippen molar-refractivity contribution in [3.05, 3.63) is 76.3 Å². The number of halogens is 1. The number of phenols is 3. The second kappa shape index (κ2) is 6.86. The van der Waals surface area contributed by atoms with Gasteiger partial charge in [-0.05, 0) is 29.2 Å². The van der Waals surface area contributed by atoms with Crippen LogP contribution in [0.1, 0.15) is 27.6 Å². The first kappa shape index (κ1) is 18.3. The molecule has 0 heterocycles. The van der Waals surface area contributed by atoms with E-state index in [4.69, 9.17) is 11.6 Å². The molecule has 4 N–H and O–H groups in total. The Labute approximate surface area is 166 Å². The van der Waals surface area contributed by atoms with Crippen molar-refractivity contribution in [2.24, 2.45) is 5.92 Å². The Balaban J connectivity index is 1.87. The summed E-state index contributed by atoms with van der Waals surface area (Å²) in [7, 11) is 0. The van der Waals surface area contributed by atoms with Crippen molar-refractivity contribution in [3.63, 3.8) is 0 Å². The fourth-order valence-corrected chi connectivity index (χ4v) is 4.08. The summed E-state index contributed by atoms with van der Waals surface area (Å²) >= 11 is 6.16. The van der Waals surface area contributed by atoms with Gasteiger partial charge in [0.2, 0.25) is 5.75 Å². The number of Topliss-reactive ketones (excluding diaryl/α,β-unsaturated/α-hetero) is 1. The van der Waals surface area contributed by atoms with Crippen LogP contribution in [-0.2, 0) is 6.42 Å². The Kier molecular flexibility index (Phi) is 4.49. The van der Waals surface area contributed by atoms with E-state index in [2.05, 4.69) is 0 Å². The van der Waals surface area contributed by atoms with Crippen LogP contribution < -0.4 is 0 Å². The Morgan fingerprint density at radius 3 is 2.14 bits per heavy atom. The molecule has 0 saturated carbocycles. The average molecular weight is 397 g/mol. The molecule has 0 radical (unpaired) electrons. The molecule has 0 aromatic heterocycles. The van der Waals surface area contributed by atoms with Crippen molar-refractivity contribution >= 4 is 17.4 Å². The Morgan fingerprint density at radius 2 is 1.46 bits per heavy atom. The van der Waals surface area contributed by atoms with Crippen LogP contribution in [-0.4, -0.2) is 26.2 Å². The van der Waals surface area contributed by atoms with Crippen LogP contribution in [0.3, 0.4) is 0 Å². The fraction of sp³-hybridized carbons (Fsp3) is 0.136. The third-order valence-corrected chi connectivity index (χ3v) is 5.54. The predicted molar refractivity (Wildman–Crippen MR) is 105 cm³/mol. The largest absolute Gasteiger partial charge is 0.504 e. The van der Waals surface area contributed by atoms with E-state index < -0.39 is 35.1 Å². The third-order valence-electron chi connectivity index (χ3n) is 5.20. The van der Waals surface area contributed by atoms with Crippen molar-refractivity contribution in [3.8, 4) is 28.4 Å². The van der Waals surface area contributed by atoms with Gasteiger partial charge < -0.3 is 20.4 Å². The second-order valence-electron chi connectivity index (χ2n) is 6.78. The molecule has 3 aromatic rings. The highest BCUT2D eigenvalue weighted by Gasteiger charge is 2.42. The lowest BCUT2D eigenvalue weighted by Gasteiger charge is -2.18. The number of ketones is 1. The molecule has 1 aliphatic carbocycles. The molecule has 142 valence electrons. The number of carbonyl (C=O) groups excluding carboxylic acids is 1. The molecule has 0 bridgehead atoms. The number of hydrogen-bond donors (Lipinski definition) is 4. The van der Waals surface area contributed by atoms with Gasteiger partial charge in [-0.3, -0.25) is 4.79 Å². The lowest BCUT2D eigenvalue weighted by molar-refractivity contribution is 0.0708. The topological polar surface area (TPSA) is 98.0 Å². The minimum absolute atomic E-state index is 0.0785. The van der Waals surface area contributed by atoms with Crippen molar-refractivity contribution in [2.75, 3.05) is 0 Å². The lowest BCUT2D eigenvalue weighted by atomic mass is 9.91. The molecule has 5 nitrogen and oxygen atoms in total. The van der Waals surface area contributed by atoms with Crippen LogP contribution in [0.2, 0.25) is 5.02 Å². The van der Waals surface area contributed by atoms with Gasteiger partial charge in [0.05, 0.1) is 17.6 Å². The van der Waals surface area contributed by atoms with Crippen molar-refractivity contribution in [1.82, 2.24) is 0 Å². The average Bonchev–Trinajstić information content (AvgIpc) is 3.04. The summed E-state index contributed by atoms with van der Waals surface area (Å²) in [5, 5.41) is 42.1. The number of aliphatic hydroxyl groups excluding tert-OH is 1. The molecule has 3 aromatic carbocycles. The Morgan fingerprint density at radius 1 is 0.857 bits per heavy atom. The normalized spacial score (nSPS) is 16.8. The SMILES string of the molecule is O=C1c2c(O)c(O)c(O)c(-c3ccccc3)c2CC1C(O)c1ccccc1Cl. The standard InChI is InChI=1S/C22H17ClO5/c23-15-9-5-4-8-12(15)18(24)14-10-13-16(11-6-2-1-3-7-11)20(26)22(28)21(27)17(13)19(14)25/h1-9,14,18,24,26-28H,10H2. The van der Waals surface area contributed by atoms with E-state index >= 15 is 0 Å². The lowest BCUT2D eigenvalue weighted by Crippen LogP contribution is -2.19. The zero-order valence-electron chi connectivity index (χ0n) is 14.6. The number of fused-ring (bicyclic) bond motifs is 1. The smallest absolute Gasteiger partial charge is 0.201 e. The highest BCUT2D eigenvalue weighted by molar-refractivity contribution is 6.31. The molecular formula is C22H17ClO5. The van der Waals surface area contributed by atoms with Gasteiger partial charge in [0.25, 0.3) is 0 Å². The summed E-state index contributed by atoms with van der Waals surface area (Å²) < 4.78 is 0. The highest BCUT2D eigenvalue weighted by Crippen LogP contribution is 2.53. The second-order valence-corrected chi connectivity index (χ2v) is 7.19. The molecule has 0 spiro atoms. The van der Waals surface area contributed by atoms with Crippen LogP contribution in [0.15, 0.2) is 54.6 Å². The van der Waals surface area contributed by atoms with Crippen LogP contribution in [0.4, 0.5) is 0 Å². The number of carbonyl (C=O) groups is 1. The van der Waals surface area contributed by atoms with Gasteiger partial charge in [-0.1, -0.05) is 60.1 Å². The fourth-order valence-electron chi connectivity index (χ4n) is 3.83. The molecule has 6 heteroatoms. The van der Waals surface area contributed by atoms with Crippen molar-refractivity contribution in [2.45, 2.75) is 12.5 Å². The summed E-state index contributed by atoms with van der Waals surface area (Å²) in [5.74, 6) is -3.33. The highest BCUT2D eigenvalue weighted by atomic mass is 35.5. The molecule has 28 heavy (non-hydrogen) atoms. The molecular weight excluding hydrogens is 380 g/mol. The Hall–Kier alpha value is -3.02. The summed E-state index contributed by atoms with van der Waals surface area (Å²) in [6, 6.07) is 15.5. The molecule has 1 aliphatic rings. The van der Waals surface area contributed by atoms with E-state index in [1.54, 1.807) is 54.6 Å². The quantitative estimate of drug-likeness (QED) is 0.497. The maximum atomic E-state index is 13.0. The number of hydrogen-bond acceptors (Lipinski definition) is 5. The Bertz CT molecular complexity index is 1080. The minimum atomic E-state index is -1.19. The zero-order chi connectivity index (χ0) is 20.0. The number of aliphatic hydroxyl groups is 1. The minimum Gasteiger partial charge on any atom is -0.504 e. The number of benzene rings is 3. The van der Waals surface area contributed by atoms with E-state index in [-0.39, 0.29) is 17.5 Å². The summed E-state index contributed by atoms with van der Waals surface area (Å²) in [5.41, 5.74) is 1.58. The van der Waals surface area contributed by atoms with Crippen LogP contribution in [0.5, 0.6) is 17.2 Å². The molecule has 0 fully saturated rings. The first-order chi connectivity index (χ1) is 13.4. The van der Waals surface area contributed by atoms with Crippen LogP contribution >= 0.6 is 11.6 Å². The summed E-state index contributed by atoms with van der Waals surface area (Å²) in [6.45, 7) is 0. The van der Waals surface area contributed by atoms with Crippen LogP contribution in [0, 0.1) is 5.92 Å². The van der Waals surface area contributed by atoms with E-state index in [0.29, 0.717) is 21.7 Å². The number of phenolic OH excluding ortho intramolecular Hbond substituents is 3. The van der Waals surface area contributed by atoms with Gasteiger partial charge in [-0.25, -0.2) is 0 Å². The maximum Gasteiger partial charge on any atom is 0.201 e. The molecule has 4 rings (SSSR count). The first-order valence-corrected chi connectivity index (χ1v) is 9.11. The molecule has 2 unspecified atom stereocenters. The predicted octanol–water partition coefficient (Wildman–Crippen LogP) is 4.21. The monoisotopic (exact) mass is 396 g/mol. The summed E-state index contributed by atoms with van der Waals surface area (Å²) in [6.07, 6.45) is -1.10. The molecule has 2 atom stereocenters. The van der Waals surface area contributed by atoms with E-state index in [1.165, 1.54) is 0 Å². The number of aromatic hydroxyl groups is 3. The maximum absolute atomic E-state index is 13.0. The van der Waals surface area contributed by atoms with E-state index in [1.807, 2.05) is 0 Å². The molecule has 0 amide bonds. The number of rotatable bonds is 3. The van der Waals surface area contributed by atoms with Gasteiger partial charge in [0.15, 0.2) is 17.3 Å². The molecule has 0 aliphatic heterocycles. The first-order valence-electron chi connectivity index (χ1n) is 8.73. The van der Waals surface area contributed by atoms with Gasteiger partial charge in [-0.2, -0.15) is 0 Å². The van der Waals surface area contributed by atoms with Crippen molar-refractivity contribution < 1.29 is 25.2 Å². The van der Waals surface area contributed by atoms with Crippen molar-refractivity contribution in [1.29, 1.82) is 0 Å². The molecule has 0 saturated heterocycles. The van der Waals surface area contributed by atoms with E-state index in [9.17, 15) is 25.2 Å². The van der Waals surface area contributed by atoms with Gasteiger partial charge in [0, 0.05) is 10.6 Å². The van der Waals surface area contributed by atoms with Crippen LogP contribution in [0.25, 0.3) is 11.1 Å². The zero-order valence-corrected chi connectivity index (χ0v) is 15.4. The van der Waals surface area contributed by atoms with Gasteiger partial charge >= 0.3 is 0 Å². The third kappa shape index (κ3) is 2.71. The van der Waals surface area contributed by atoms with Gasteiger partial charge in [-0.15, -0.1) is 0 Å².